The molecule has 1 aliphatic heterocycles. The quantitative estimate of drug-likeness (QED) is 0.611. The largest absolute Gasteiger partial charge is 0.354 e. The summed E-state index contributed by atoms with van der Waals surface area (Å²) in [6, 6.07) is 20.2. The zero-order chi connectivity index (χ0) is 17.7. The van der Waals surface area contributed by atoms with Crippen LogP contribution < -0.4 is 5.32 Å². The molecule has 26 heavy (non-hydrogen) atoms. The van der Waals surface area contributed by atoms with Gasteiger partial charge in [0.05, 0.1) is 11.4 Å². The molecule has 0 unspecified atom stereocenters. The van der Waals surface area contributed by atoms with E-state index in [9.17, 15) is 9.18 Å². The highest BCUT2D eigenvalue weighted by Crippen LogP contribution is 2.44. The van der Waals surface area contributed by atoms with Crippen molar-refractivity contribution in [1.29, 1.82) is 0 Å². The number of halogens is 1. The number of thioether (sulfide) groups is 1. The lowest BCUT2D eigenvalue weighted by atomic mass is 9.95. The Kier molecular flexibility index (Phi) is 3.47. The molecule has 3 aromatic carbocycles. The minimum atomic E-state index is -0.303. The van der Waals surface area contributed by atoms with Crippen LogP contribution in [0.1, 0.15) is 15.9 Å². The van der Waals surface area contributed by atoms with Crippen LogP contribution in [0.15, 0.2) is 77.2 Å². The van der Waals surface area contributed by atoms with Gasteiger partial charge in [-0.1, -0.05) is 42.5 Å². The van der Waals surface area contributed by atoms with Crippen LogP contribution in [0.25, 0.3) is 16.8 Å². The number of anilines is 1. The highest BCUT2D eigenvalue weighted by atomic mass is 32.2. The summed E-state index contributed by atoms with van der Waals surface area (Å²) in [5.74, 6) is 0.348. The highest BCUT2D eigenvalue weighted by Gasteiger charge is 2.33. The maximum Gasteiger partial charge on any atom is 0.193 e. The van der Waals surface area contributed by atoms with E-state index in [1.807, 2.05) is 42.5 Å². The molecule has 2 nitrogen and oxygen atoms in total. The molecule has 0 aromatic heterocycles. The number of ketones is 1. The number of Topliss-reactive ketones (excluding diaryl/α,β-unsaturated/α-hetero) is 1. The zero-order valence-corrected chi connectivity index (χ0v) is 14.6. The minimum absolute atomic E-state index is 0.0302. The number of nitrogens with one attached hydrogen (secondary N) is 1. The van der Waals surface area contributed by atoms with Crippen LogP contribution in [0.2, 0.25) is 0 Å². The number of para-hydroxylation sites is 1. The molecular weight excluding hydrogens is 345 g/mol. The SMILES string of the molecule is O=C1C2=C(Nc3ccccc3SC2)c2cccc(-c3cccc(F)c3)c21. The van der Waals surface area contributed by atoms with Crippen LogP contribution in [-0.4, -0.2) is 11.5 Å². The Balaban J connectivity index is 1.67. The number of carbonyl (C=O) groups excluding carboxylic acids is 1. The van der Waals surface area contributed by atoms with E-state index in [4.69, 9.17) is 0 Å². The fraction of sp³-hybridized carbons (Fsp3) is 0.0455. The standard InChI is InChI=1S/C22H14FNOS/c23-14-6-3-5-13(11-14)15-7-4-8-16-20(15)22(25)17-12-26-19-10-2-1-9-18(19)24-21(16)17/h1-11,24H,12H2. The van der Waals surface area contributed by atoms with Crippen molar-refractivity contribution in [2.75, 3.05) is 11.1 Å². The summed E-state index contributed by atoms with van der Waals surface area (Å²) in [6.45, 7) is 0. The Morgan fingerprint density at radius 1 is 0.923 bits per heavy atom. The number of fused-ring (bicyclic) bond motifs is 3. The molecule has 0 atom stereocenters. The van der Waals surface area contributed by atoms with Gasteiger partial charge in [-0.3, -0.25) is 4.79 Å². The number of carbonyl (C=O) groups is 1. The van der Waals surface area contributed by atoms with E-state index < -0.39 is 0 Å². The summed E-state index contributed by atoms with van der Waals surface area (Å²) in [5, 5.41) is 3.46. The molecule has 2 aliphatic rings. The summed E-state index contributed by atoms with van der Waals surface area (Å²) in [4.78, 5) is 14.3. The highest BCUT2D eigenvalue weighted by molar-refractivity contribution is 7.99. The van der Waals surface area contributed by atoms with Crippen LogP contribution in [0.4, 0.5) is 10.1 Å². The molecule has 126 valence electrons. The van der Waals surface area contributed by atoms with Crippen LogP contribution in [0.5, 0.6) is 0 Å². The molecule has 4 heteroatoms. The Labute approximate surface area is 154 Å². The van der Waals surface area contributed by atoms with Gasteiger partial charge in [0.15, 0.2) is 5.78 Å². The summed E-state index contributed by atoms with van der Waals surface area (Å²) >= 11 is 1.66. The van der Waals surface area contributed by atoms with Crippen LogP contribution in [0.3, 0.4) is 0 Å². The van der Waals surface area contributed by atoms with Gasteiger partial charge in [-0.2, -0.15) is 0 Å². The number of hydrogen-bond acceptors (Lipinski definition) is 3. The molecule has 1 N–H and O–H groups in total. The summed E-state index contributed by atoms with van der Waals surface area (Å²) in [6.07, 6.45) is 0. The topological polar surface area (TPSA) is 29.1 Å². The lowest BCUT2D eigenvalue weighted by Gasteiger charge is -2.13. The van der Waals surface area contributed by atoms with E-state index in [1.54, 1.807) is 17.8 Å². The molecule has 0 fully saturated rings. The monoisotopic (exact) mass is 359 g/mol. The summed E-state index contributed by atoms with van der Waals surface area (Å²) in [7, 11) is 0. The Morgan fingerprint density at radius 2 is 1.73 bits per heavy atom. The first kappa shape index (κ1) is 15.4. The van der Waals surface area contributed by atoms with Gasteiger partial charge < -0.3 is 5.32 Å². The molecule has 0 saturated heterocycles. The number of rotatable bonds is 1. The van der Waals surface area contributed by atoms with Crippen molar-refractivity contribution in [3.8, 4) is 11.1 Å². The average molecular weight is 359 g/mol. The first-order valence-electron chi connectivity index (χ1n) is 8.38. The fourth-order valence-electron chi connectivity index (χ4n) is 3.59. The molecule has 1 heterocycles. The van der Waals surface area contributed by atoms with E-state index >= 15 is 0 Å². The van der Waals surface area contributed by atoms with Crippen molar-refractivity contribution in [3.63, 3.8) is 0 Å². The average Bonchev–Trinajstić information content (AvgIpc) is 2.82. The maximum atomic E-state index is 13.7. The van der Waals surface area contributed by atoms with E-state index in [-0.39, 0.29) is 11.6 Å². The Hall–Kier alpha value is -2.85. The molecule has 5 rings (SSSR count). The second kappa shape index (κ2) is 5.85. The van der Waals surface area contributed by atoms with Crippen LogP contribution in [0, 0.1) is 5.82 Å². The fourth-order valence-corrected chi connectivity index (χ4v) is 4.61. The molecule has 0 bridgehead atoms. The lowest BCUT2D eigenvalue weighted by Crippen LogP contribution is -2.03. The van der Waals surface area contributed by atoms with Gasteiger partial charge in [-0.15, -0.1) is 11.8 Å². The van der Waals surface area contributed by atoms with Crippen LogP contribution in [-0.2, 0) is 0 Å². The van der Waals surface area contributed by atoms with Crippen LogP contribution >= 0.6 is 11.8 Å². The summed E-state index contributed by atoms with van der Waals surface area (Å²) < 4.78 is 13.7. The van der Waals surface area contributed by atoms with Crippen molar-refractivity contribution < 1.29 is 9.18 Å². The molecular formula is C22H14FNOS. The van der Waals surface area contributed by atoms with Crippen molar-refractivity contribution >= 4 is 28.9 Å². The molecule has 0 spiro atoms. The first-order valence-corrected chi connectivity index (χ1v) is 9.37. The predicted octanol–water partition coefficient (Wildman–Crippen LogP) is 5.62. The second-order valence-corrected chi connectivity index (χ2v) is 7.35. The minimum Gasteiger partial charge on any atom is -0.354 e. The third-order valence-corrected chi connectivity index (χ3v) is 5.89. The lowest BCUT2D eigenvalue weighted by molar-refractivity contribution is 0.103. The van der Waals surface area contributed by atoms with E-state index in [2.05, 4.69) is 11.4 Å². The number of benzene rings is 3. The molecule has 0 saturated carbocycles. The van der Waals surface area contributed by atoms with Crippen molar-refractivity contribution in [2.24, 2.45) is 0 Å². The molecule has 0 amide bonds. The van der Waals surface area contributed by atoms with Gasteiger partial charge in [0.25, 0.3) is 0 Å². The van der Waals surface area contributed by atoms with E-state index in [0.29, 0.717) is 11.3 Å². The van der Waals surface area contributed by atoms with Gasteiger partial charge in [-0.25, -0.2) is 4.39 Å². The van der Waals surface area contributed by atoms with E-state index in [0.717, 1.165) is 38.5 Å². The third kappa shape index (κ3) is 2.30. The molecule has 3 aromatic rings. The summed E-state index contributed by atoms with van der Waals surface area (Å²) in [5.41, 5.74) is 5.73. The van der Waals surface area contributed by atoms with Gasteiger partial charge in [0.2, 0.25) is 0 Å². The smallest absolute Gasteiger partial charge is 0.193 e. The zero-order valence-electron chi connectivity index (χ0n) is 13.8. The first-order chi connectivity index (χ1) is 12.7. The molecule has 0 radical (unpaired) electrons. The van der Waals surface area contributed by atoms with Gasteiger partial charge in [-0.05, 0) is 35.4 Å². The Bertz CT molecular complexity index is 1100. The van der Waals surface area contributed by atoms with Gasteiger partial charge in [0.1, 0.15) is 5.82 Å². The predicted molar refractivity (Wildman–Crippen MR) is 104 cm³/mol. The number of hydrogen-bond donors (Lipinski definition) is 1. The second-order valence-electron chi connectivity index (χ2n) is 6.33. The van der Waals surface area contributed by atoms with E-state index in [1.165, 1.54) is 12.1 Å². The normalized spacial score (nSPS) is 15.0. The van der Waals surface area contributed by atoms with Crippen molar-refractivity contribution in [1.82, 2.24) is 0 Å². The van der Waals surface area contributed by atoms with Gasteiger partial charge >= 0.3 is 0 Å². The Morgan fingerprint density at radius 3 is 2.62 bits per heavy atom. The van der Waals surface area contributed by atoms with Crippen molar-refractivity contribution in [3.05, 3.63) is 89.2 Å². The van der Waals surface area contributed by atoms with Gasteiger partial charge in [0, 0.05) is 27.3 Å². The molecule has 1 aliphatic carbocycles. The van der Waals surface area contributed by atoms with Crippen molar-refractivity contribution in [2.45, 2.75) is 4.90 Å². The third-order valence-electron chi connectivity index (χ3n) is 4.79. The maximum absolute atomic E-state index is 13.7.